The lowest BCUT2D eigenvalue weighted by atomic mass is 10.2. The maximum Gasteiger partial charge on any atom is 0.241 e. The summed E-state index contributed by atoms with van der Waals surface area (Å²) in [7, 11) is -3.88. The normalized spacial score (nSPS) is 11.3. The van der Waals surface area contributed by atoms with E-state index in [2.05, 4.69) is 4.72 Å². The summed E-state index contributed by atoms with van der Waals surface area (Å²) < 4.78 is 40.1. The van der Waals surface area contributed by atoms with Gasteiger partial charge >= 0.3 is 0 Å². The van der Waals surface area contributed by atoms with Crippen LogP contribution in [-0.4, -0.2) is 32.3 Å². The molecule has 2 aromatic carbocycles. The first-order chi connectivity index (χ1) is 11.8. The lowest BCUT2D eigenvalue weighted by Gasteiger charge is -2.21. The molecule has 134 valence electrons. The van der Waals surface area contributed by atoms with E-state index in [1.807, 2.05) is 37.3 Å². The van der Waals surface area contributed by atoms with Crippen molar-refractivity contribution in [3.8, 4) is 0 Å². The fourth-order valence-electron chi connectivity index (χ4n) is 2.44. The highest BCUT2D eigenvalue weighted by atomic mass is 32.2. The molecule has 2 rings (SSSR count). The van der Waals surface area contributed by atoms with Gasteiger partial charge in [0.25, 0.3) is 0 Å². The summed E-state index contributed by atoms with van der Waals surface area (Å²) in [5.41, 5.74) is 1.26. The van der Waals surface area contributed by atoms with Gasteiger partial charge in [0, 0.05) is 13.1 Å². The number of hydrogen-bond donors (Lipinski definition) is 1. The van der Waals surface area contributed by atoms with E-state index in [1.54, 1.807) is 4.90 Å². The summed E-state index contributed by atoms with van der Waals surface area (Å²) in [6.07, 6.45) is 0. The largest absolute Gasteiger partial charge is 0.338 e. The summed E-state index contributed by atoms with van der Waals surface area (Å²) in [5, 5.41) is 0. The molecular weight excluding hydrogens is 343 g/mol. The Labute approximate surface area is 147 Å². The van der Waals surface area contributed by atoms with Crippen LogP contribution in [0.1, 0.15) is 18.1 Å². The molecule has 2 aromatic rings. The van der Waals surface area contributed by atoms with Gasteiger partial charge in [-0.3, -0.25) is 4.79 Å². The van der Waals surface area contributed by atoms with E-state index < -0.39 is 15.8 Å². The maximum atomic E-state index is 13.1. The van der Waals surface area contributed by atoms with E-state index in [1.165, 1.54) is 13.0 Å². The predicted molar refractivity (Wildman–Crippen MR) is 93.9 cm³/mol. The number of halogens is 1. The van der Waals surface area contributed by atoms with Crippen LogP contribution in [0.25, 0.3) is 0 Å². The Morgan fingerprint density at radius 3 is 2.44 bits per heavy atom. The molecule has 0 saturated heterocycles. The van der Waals surface area contributed by atoms with Crippen molar-refractivity contribution in [3.63, 3.8) is 0 Å². The van der Waals surface area contributed by atoms with Gasteiger partial charge in [-0.25, -0.2) is 17.5 Å². The van der Waals surface area contributed by atoms with Crippen molar-refractivity contribution in [2.75, 3.05) is 13.1 Å². The average molecular weight is 364 g/mol. The molecule has 0 heterocycles. The number of nitrogens with one attached hydrogen (secondary N) is 1. The van der Waals surface area contributed by atoms with Crippen LogP contribution in [0.2, 0.25) is 0 Å². The number of hydrogen-bond acceptors (Lipinski definition) is 3. The molecule has 1 amide bonds. The lowest BCUT2D eigenvalue weighted by molar-refractivity contribution is -0.130. The molecule has 0 bridgehead atoms. The quantitative estimate of drug-likeness (QED) is 0.821. The van der Waals surface area contributed by atoms with Gasteiger partial charge in [-0.2, -0.15) is 0 Å². The van der Waals surface area contributed by atoms with Gasteiger partial charge in [-0.1, -0.05) is 30.3 Å². The van der Waals surface area contributed by atoms with Crippen LogP contribution >= 0.6 is 0 Å². The summed E-state index contributed by atoms with van der Waals surface area (Å²) in [6, 6.07) is 12.9. The third-order valence-electron chi connectivity index (χ3n) is 3.79. The lowest BCUT2D eigenvalue weighted by Crippen LogP contribution is -2.39. The third kappa shape index (κ3) is 5.11. The number of amides is 1. The first kappa shape index (κ1) is 19.1. The summed E-state index contributed by atoms with van der Waals surface area (Å²) in [6.45, 7) is 3.87. The zero-order valence-electron chi connectivity index (χ0n) is 14.2. The molecule has 0 aliphatic carbocycles. The minimum absolute atomic E-state index is 0.0344. The van der Waals surface area contributed by atoms with Gasteiger partial charge in [0.05, 0.1) is 11.4 Å². The first-order valence-corrected chi connectivity index (χ1v) is 9.39. The molecule has 25 heavy (non-hydrogen) atoms. The number of nitrogens with zero attached hydrogens (tertiary/aromatic N) is 1. The van der Waals surface area contributed by atoms with Crippen LogP contribution in [0.15, 0.2) is 53.4 Å². The summed E-state index contributed by atoms with van der Waals surface area (Å²) in [4.78, 5) is 13.9. The molecule has 0 spiro atoms. The topological polar surface area (TPSA) is 66.5 Å². The summed E-state index contributed by atoms with van der Waals surface area (Å²) in [5.74, 6) is -0.831. The highest BCUT2D eigenvalue weighted by molar-refractivity contribution is 7.89. The fourth-order valence-corrected chi connectivity index (χ4v) is 3.64. The van der Waals surface area contributed by atoms with Gasteiger partial charge in [-0.05, 0) is 43.2 Å². The Morgan fingerprint density at radius 2 is 1.84 bits per heavy atom. The number of likely N-dealkylation sites (N-methyl/N-ethyl adjacent to an activating group) is 1. The molecule has 0 aliphatic heterocycles. The van der Waals surface area contributed by atoms with Gasteiger partial charge in [-0.15, -0.1) is 0 Å². The Kier molecular flexibility index (Phi) is 6.27. The first-order valence-electron chi connectivity index (χ1n) is 7.91. The Balaban J connectivity index is 2.04. The van der Waals surface area contributed by atoms with Crippen molar-refractivity contribution < 1.29 is 17.6 Å². The van der Waals surface area contributed by atoms with Gasteiger partial charge in [0.15, 0.2) is 0 Å². The van der Waals surface area contributed by atoms with Crippen molar-refractivity contribution in [1.29, 1.82) is 0 Å². The highest BCUT2D eigenvalue weighted by Gasteiger charge is 2.20. The van der Waals surface area contributed by atoms with E-state index in [9.17, 15) is 17.6 Å². The number of sulfonamides is 1. The SMILES string of the molecule is CCN(Cc1ccccc1)C(=O)CNS(=O)(=O)c1ccc(F)cc1C. The number of rotatable bonds is 7. The highest BCUT2D eigenvalue weighted by Crippen LogP contribution is 2.15. The standard InChI is InChI=1S/C18H21FN2O3S/c1-3-21(13-15-7-5-4-6-8-15)18(22)12-20-25(23,24)17-10-9-16(19)11-14(17)2/h4-11,20H,3,12-13H2,1-2H3. The summed E-state index contributed by atoms with van der Waals surface area (Å²) >= 11 is 0. The number of benzene rings is 2. The van der Waals surface area contributed by atoms with Crippen LogP contribution in [0.3, 0.4) is 0 Å². The predicted octanol–water partition coefficient (Wildman–Crippen LogP) is 2.46. The zero-order chi connectivity index (χ0) is 18.4. The molecule has 0 aromatic heterocycles. The van der Waals surface area contributed by atoms with Crippen LogP contribution < -0.4 is 4.72 Å². The van der Waals surface area contributed by atoms with Crippen LogP contribution in [0.4, 0.5) is 4.39 Å². The second-order valence-corrected chi connectivity index (χ2v) is 7.36. The molecule has 0 atom stereocenters. The molecule has 0 unspecified atom stereocenters. The third-order valence-corrected chi connectivity index (χ3v) is 5.35. The number of carbonyl (C=O) groups excluding carboxylic acids is 1. The van der Waals surface area contributed by atoms with Crippen LogP contribution in [0.5, 0.6) is 0 Å². The van der Waals surface area contributed by atoms with Gasteiger partial charge in [0.2, 0.25) is 15.9 Å². The molecule has 0 radical (unpaired) electrons. The molecule has 1 N–H and O–H groups in total. The van der Waals surface area contributed by atoms with E-state index >= 15 is 0 Å². The van der Waals surface area contributed by atoms with E-state index in [0.29, 0.717) is 13.1 Å². The Morgan fingerprint density at radius 1 is 1.16 bits per heavy atom. The Hall–Kier alpha value is -2.25. The van der Waals surface area contributed by atoms with Crippen molar-refractivity contribution in [3.05, 3.63) is 65.5 Å². The van der Waals surface area contributed by atoms with E-state index in [0.717, 1.165) is 17.7 Å². The maximum absolute atomic E-state index is 13.1. The van der Waals surface area contributed by atoms with E-state index in [4.69, 9.17) is 0 Å². The van der Waals surface area contributed by atoms with E-state index in [-0.39, 0.29) is 22.9 Å². The van der Waals surface area contributed by atoms with Crippen molar-refractivity contribution >= 4 is 15.9 Å². The molecule has 5 nitrogen and oxygen atoms in total. The molecule has 7 heteroatoms. The average Bonchev–Trinajstić information content (AvgIpc) is 2.58. The molecule has 0 saturated carbocycles. The molecular formula is C18H21FN2O3S. The molecule has 0 fully saturated rings. The Bertz CT molecular complexity index is 839. The zero-order valence-corrected chi connectivity index (χ0v) is 15.0. The monoisotopic (exact) mass is 364 g/mol. The number of carbonyl (C=O) groups is 1. The van der Waals surface area contributed by atoms with Gasteiger partial charge < -0.3 is 4.90 Å². The van der Waals surface area contributed by atoms with Crippen molar-refractivity contribution in [1.82, 2.24) is 9.62 Å². The molecule has 0 aliphatic rings. The van der Waals surface area contributed by atoms with Crippen molar-refractivity contribution in [2.45, 2.75) is 25.3 Å². The second kappa shape index (κ2) is 8.22. The van der Waals surface area contributed by atoms with Crippen LogP contribution in [-0.2, 0) is 21.4 Å². The fraction of sp³-hybridized carbons (Fsp3) is 0.278. The number of aryl methyl sites for hydroxylation is 1. The minimum atomic E-state index is -3.88. The van der Waals surface area contributed by atoms with Gasteiger partial charge in [0.1, 0.15) is 5.82 Å². The smallest absolute Gasteiger partial charge is 0.241 e. The minimum Gasteiger partial charge on any atom is -0.338 e. The van der Waals surface area contributed by atoms with Crippen LogP contribution in [0, 0.1) is 12.7 Å². The second-order valence-electron chi connectivity index (χ2n) is 5.63. The van der Waals surface area contributed by atoms with Crippen molar-refractivity contribution in [2.24, 2.45) is 0 Å².